The maximum Gasteiger partial charge on any atom is 0.0641 e. The fourth-order valence-electron chi connectivity index (χ4n) is 1.67. The van der Waals surface area contributed by atoms with Gasteiger partial charge in [-0.05, 0) is 31.0 Å². The van der Waals surface area contributed by atoms with Crippen LogP contribution < -0.4 is 10.6 Å². The smallest absolute Gasteiger partial charge is 0.0641 e. The van der Waals surface area contributed by atoms with Crippen molar-refractivity contribution in [3.63, 3.8) is 0 Å². The molecule has 0 saturated heterocycles. The molecule has 0 heterocycles. The second kappa shape index (κ2) is 6.51. The molecule has 1 aromatic rings. The van der Waals surface area contributed by atoms with Gasteiger partial charge in [0, 0.05) is 32.4 Å². The molecule has 0 spiro atoms. The Kier molecular flexibility index (Phi) is 5.29. The minimum atomic E-state index is 0.578. The molecule has 3 nitrogen and oxygen atoms in total. The van der Waals surface area contributed by atoms with Crippen molar-refractivity contribution in [3.8, 4) is 0 Å². The van der Waals surface area contributed by atoms with Gasteiger partial charge in [-0.3, -0.25) is 0 Å². The number of hydrogen-bond acceptors (Lipinski definition) is 3. The Morgan fingerprint density at radius 3 is 2.75 bits per heavy atom. The van der Waals surface area contributed by atoms with Crippen LogP contribution >= 0.6 is 0 Å². The zero-order valence-corrected chi connectivity index (χ0v) is 10.5. The minimum Gasteiger partial charge on any atom is -0.380 e. The van der Waals surface area contributed by atoms with Gasteiger partial charge in [0.2, 0.25) is 0 Å². The van der Waals surface area contributed by atoms with Crippen LogP contribution in [0, 0.1) is 6.92 Å². The molecular weight excluding hydrogens is 200 g/mol. The normalized spacial score (nSPS) is 10.5. The molecule has 1 rings (SSSR count). The Morgan fingerprint density at radius 1 is 1.38 bits per heavy atom. The van der Waals surface area contributed by atoms with Crippen molar-refractivity contribution in [2.45, 2.75) is 20.4 Å². The number of nitrogens with two attached hydrogens (primary N) is 1. The summed E-state index contributed by atoms with van der Waals surface area (Å²) in [5.41, 5.74) is 9.39. The maximum atomic E-state index is 5.74. The van der Waals surface area contributed by atoms with E-state index in [0.717, 1.165) is 19.8 Å². The third-order valence-electron chi connectivity index (χ3n) is 2.65. The van der Waals surface area contributed by atoms with Crippen LogP contribution in [-0.2, 0) is 11.3 Å². The van der Waals surface area contributed by atoms with E-state index >= 15 is 0 Å². The van der Waals surface area contributed by atoms with E-state index in [1.54, 1.807) is 0 Å². The SMILES string of the molecule is CCOCCN(C)c1cc(C)ccc1CN. The number of anilines is 1. The van der Waals surface area contributed by atoms with Crippen LogP contribution in [-0.4, -0.2) is 26.8 Å². The zero-order valence-electron chi connectivity index (χ0n) is 10.5. The molecular formula is C13H22N2O. The van der Waals surface area contributed by atoms with Crippen molar-refractivity contribution < 1.29 is 4.74 Å². The Hall–Kier alpha value is -1.06. The topological polar surface area (TPSA) is 38.5 Å². The summed E-state index contributed by atoms with van der Waals surface area (Å²) in [6.07, 6.45) is 0. The highest BCUT2D eigenvalue weighted by Crippen LogP contribution is 2.20. The number of likely N-dealkylation sites (N-methyl/N-ethyl adjacent to an activating group) is 1. The molecule has 2 N–H and O–H groups in total. The molecule has 0 unspecified atom stereocenters. The molecule has 0 saturated carbocycles. The van der Waals surface area contributed by atoms with E-state index in [0.29, 0.717) is 6.54 Å². The van der Waals surface area contributed by atoms with E-state index in [-0.39, 0.29) is 0 Å². The van der Waals surface area contributed by atoms with E-state index in [2.05, 4.69) is 37.1 Å². The zero-order chi connectivity index (χ0) is 12.0. The van der Waals surface area contributed by atoms with Gasteiger partial charge in [0.15, 0.2) is 0 Å². The average molecular weight is 222 g/mol. The van der Waals surface area contributed by atoms with E-state index in [1.165, 1.54) is 16.8 Å². The Bertz CT molecular complexity index is 326. The lowest BCUT2D eigenvalue weighted by molar-refractivity contribution is 0.154. The van der Waals surface area contributed by atoms with Gasteiger partial charge in [-0.15, -0.1) is 0 Å². The number of aryl methyl sites for hydroxylation is 1. The fourth-order valence-corrected chi connectivity index (χ4v) is 1.67. The standard InChI is InChI=1S/C13H22N2O/c1-4-16-8-7-15(3)13-9-11(2)5-6-12(13)10-14/h5-6,9H,4,7-8,10,14H2,1-3H3. The number of nitrogens with zero attached hydrogens (tertiary/aromatic N) is 1. The van der Waals surface area contributed by atoms with Crippen LogP contribution in [0.2, 0.25) is 0 Å². The van der Waals surface area contributed by atoms with Crippen molar-refractivity contribution in [3.05, 3.63) is 29.3 Å². The van der Waals surface area contributed by atoms with Crippen molar-refractivity contribution in [1.82, 2.24) is 0 Å². The highest BCUT2D eigenvalue weighted by Gasteiger charge is 2.06. The molecule has 0 aliphatic carbocycles. The van der Waals surface area contributed by atoms with Crippen molar-refractivity contribution in [2.24, 2.45) is 5.73 Å². The van der Waals surface area contributed by atoms with Crippen LogP contribution in [0.15, 0.2) is 18.2 Å². The van der Waals surface area contributed by atoms with Gasteiger partial charge in [0.1, 0.15) is 0 Å². The van der Waals surface area contributed by atoms with Gasteiger partial charge in [-0.25, -0.2) is 0 Å². The summed E-state index contributed by atoms with van der Waals surface area (Å²) in [5.74, 6) is 0. The van der Waals surface area contributed by atoms with Crippen LogP contribution in [0.25, 0.3) is 0 Å². The molecule has 0 amide bonds. The van der Waals surface area contributed by atoms with E-state index in [4.69, 9.17) is 10.5 Å². The Balaban J connectivity index is 2.72. The number of rotatable bonds is 6. The van der Waals surface area contributed by atoms with Gasteiger partial charge in [0.25, 0.3) is 0 Å². The van der Waals surface area contributed by atoms with Crippen LogP contribution in [0.4, 0.5) is 5.69 Å². The second-order valence-electron chi connectivity index (χ2n) is 3.95. The van der Waals surface area contributed by atoms with Crippen molar-refractivity contribution in [2.75, 3.05) is 31.7 Å². The Morgan fingerprint density at radius 2 is 2.12 bits per heavy atom. The molecule has 3 heteroatoms. The predicted octanol–water partition coefficient (Wildman–Crippen LogP) is 1.93. The molecule has 90 valence electrons. The Labute approximate surface area is 98.2 Å². The average Bonchev–Trinajstić information content (AvgIpc) is 2.29. The first kappa shape index (κ1) is 13.0. The number of ether oxygens (including phenoxy) is 1. The van der Waals surface area contributed by atoms with E-state index < -0.39 is 0 Å². The maximum absolute atomic E-state index is 5.74. The quantitative estimate of drug-likeness (QED) is 0.747. The first-order valence-electron chi connectivity index (χ1n) is 5.77. The monoisotopic (exact) mass is 222 g/mol. The fraction of sp³-hybridized carbons (Fsp3) is 0.538. The summed E-state index contributed by atoms with van der Waals surface area (Å²) in [6.45, 7) is 7.10. The molecule has 0 bridgehead atoms. The van der Waals surface area contributed by atoms with Crippen LogP contribution in [0.3, 0.4) is 0 Å². The summed E-state index contributed by atoms with van der Waals surface area (Å²) >= 11 is 0. The first-order valence-corrected chi connectivity index (χ1v) is 5.77. The molecule has 1 aromatic carbocycles. The summed E-state index contributed by atoms with van der Waals surface area (Å²) in [5, 5.41) is 0. The second-order valence-corrected chi connectivity index (χ2v) is 3.95. The molecule has 0 atom stereocenters. The lowest BCUT2D eigenvalue weighted by Crippen LogP contribution is -2.24. The van der Waals surface area contributed by atoms with E-state index in [1.807, 2.05) is 6.92 Å². The summed E-state index contributed by atoms with van der Waals surface area (Å²) in [6, 6.07) is 6.37. The first-order chi connectivity index (χ1) is 7.69. The predicted molar refractivity (Wildman–Crippen MR) is 68.8 cm³/mol. The molecule has 0 aliphatic heterocycles. The van der Waals surface area contributed by atoms with Gasteiger partial charge in [-0.2, -0.15) is 0 Å². The van der Waals surface area contributed by atoms with Crippen molar-refractivity contribution in [1.29, 1.82) is 0 Å². The number of benzene rings is 1. The largest absolute Gasteiger partial charge is 0.380 e. The third kappa shape index (κ3) is 3.51. The van der Waals surface area contributed by atoms with Gasteiger partial charge in [-0.1, -0.05) is 12.1 Å². The van der Waals surface area contributed by atoms with Crippen LogP contribution in [0.1, 0.15) is 18.1 Å². The third-order valence-corrected chi connectivity index (χ3v) is 2.65. The van der Waals surface area contributed by atoms with Gasteiger partial charge in [0.05, 0.1) is 6.61 Å². The van der Waals surface area contributed by atoms with Crippen molar-refractivity contribution >= 4 is 5.69 Å². The van der Waals surface area contributed by atoms with Gasteiger partial charge >= 0.3 is 0 Å². The highest BCUT2D eigenvalue weighted by atomic mass is 16.5. The molecule has 0 fully saturated rings. The summed E-state index contributed by atoms with van der Waals surface area (Å²) in [7, 11) is 2.08. The summed E-state index contributed by atoms with van der Waals surface area (Å²) in [4.78, 5) is 2.20. The lowest BCUT2D eigenvalue weighted by atomic mass is 10.1. The highest BCUT2D eigenvalue weighted by molar-refractivity contribution is 5.54. The van der Waals surface area contributed by atoms with Gasteiger partial charge < -0.3 is 15.4 Å². The molecule has 0 radical (unpaired) electrons. The van der Waals surface area contributed by atoms with Crippen LogP contribution in [0.5, 0.6) is 0 Å². The van der Waals surface area contributed by atoms with E-state index in [9.17, 15) is 0 Å². The minimum absolute atomic E-state index is 0.578. The molecule has 16 heavy (non-hydrogen) atoms. The molecule has 0 aromatic heterocycles. The molecule has 0 aliphatic rings. The lowest BCUT2D eigenvalue weighted by Gasteiger charge is -2.22. The number of hydrogen-bond donors (Lipinski definition) is 1. The summed E-state index contributed by atoms with van der Waals surface area (Å²) < 4.78 is 5.36.